The first kappa shape index (κ1) is 18.1. The number of fused-ring (bicyclic) bond motifs is 1. The number of hydrogen-bond donors (Lipinski definition) is 1. The van der Waals surface area contributed by atoms with Gasteiger partial charge in [-0.25, -0.2) is 22.7 Å². The molecule has 3 heterocycles. The standard InChI is InChI=1S/C16H26N6O2S/c1-11(2)14-19-15(13-9-18-21(3)16(13)20-14)17-8-12-6-5-7-22(10-12)25(4,23)24/h9,11-12H,5-8,10H2,1-4H3,(H,17,19,20)/t12-/m0/s1. The van der Waals surface area contributed by atoms with E-state index < -0.39 is 10.0 Å². The second-order valence-electron chi connectivity index (χ2n) is 7.10. The molecule has 1 atom stereocenters. The second kappa shape index (κ2) is 6.87. The van der Waals surface area contributed by atoms with E-state index in [1.165, 1.54) is 6.26 Å². The zero-order chi connectivity index (χ0) is 18.2. The summed E-state index contributed by atoms with van der Waals surface area (Å²) < 4.78 is 26.9. The molecule has 2 aromatic rings. The van der Waals surface area contributed by atoms with Crippen LogP contribution in [0.2, 0.25) is 0 Å². The molecular weight excluding hydrogens is 340 g/mol. The highest BCUT2D eigenvalue weighted by molar-refractivity contribution is 7.88. The van der Waals surface area contributed by atoms with Crippen LogP contribution in [0.4, 0.5) is 5.82 Å². The van der Waals surface area contributed by atoms with Gasteiger partial charge < -0.3 is 5.32 Å². The summed E-state index contributed by atoms with van der Waals surface area (Å²) >= 11 is 0. The molecule has 2 aromatic heterocycles. The number of nitrogens with zero attached hydrogens (tertiary/aromatic N) is 5. The van der Waals surface area contributed by atoms with E-state index in [0.717, 1.165) is 35.5 Å². The van der Waals surface area contributed by atoms with E-state index >= 15 is 0 Å². The van der Waals surface area contributed by atoms with Crippen molar-refractivity contribution in [3.8, 4) is 0 Å². The molecule has 1 N–H and O–H groups in total. The lowest BCUT2D eigenvalue weighted by atomic mass is 10.00. The predicted octanol–water partition coefficient (Wildman–Crippen LogP) is 1.57. The minimum atomic E-state index is -3.12. The van der Waals surface area contributed by atoms with Crippen LogP contribution in [0.3, 0.4) is 0 Å². The molecule has 0 aliphatic carbocycles. The number of aromatic nitrogens is 4. The lowest BCUT2D eigenvalue weighted by molar-refractivity contribution is 0.276. The minimum absolute atomic E-state index is 0.218. The molecule has 0 aromatic carbocycles. The summed E-state index contributed by atoms with van der Waals surface area (Å²) in [5.41, 5.74) is 0.808. The molecular formula is C16H26N6O2S. The summed E-state index contributed by atoms with van der Waals surface area (Å²) in [6, 6.07) is 0. The van der Waals surface area contributed by atoms with E-state index in [2.05, 4.69) is 34.2 Å². The van der Waals surface area contributed by atoms with E-state index in [-0.39, 0.29) is 11.8 Å². The lowest BCUT2D eigenvalue weighted by Crippen LogP contribution is -2.41. The van der Waals surface area contributed by atoms with Gasteiger partial charge in [-0.3, -0.25) is 4.68 Å². The molecule has 138 valence electrons. The van der Waals surface area contributed by atoms with Crippen molar-refractivity contribution in [2.24, 2.45) is 13.0 Å². The molecule has 3 rings (SSSR count). The van der Waals surface area contributed by atoms with Crippen LogP contribution in [0.25, 0.3) is 11.0 Å². The summed E-state index contributed by atoms with van der Waals surface area (Å²) in [7, 11) is -1.26. The predicted molar refractivity (Wildman–Crippen MR) is 98.0 cm³/mol. The number of rotatable bonds is 5. The van der Waals surface area contributed by atoms with Crippen LogP contribution >= 0.6 is 0 Å². The largest absolute Gasteiger partial charge is 0.369 e. The van der Waals surface area contributed by atoms with Crippen LogP contribution in [0.1, 0.15) is 38.4 Å². The SMILES string of the molecule is CC(C)c1nc(NC[C@@H]2CCCN(S(C)(=O)=O)C2)c2cnn(C)c2n1. The molecule has 25 heavy (non-hydrogen) atoms. The van der Waals surface area contributed by atoms with Gasteiger partial charge in [0.2, 0.25) is 10.0 Å². The third-order valence-corrected chi connectivity index (χ3v) is 5.90. The molecule has 0 amide bonds. The van der Waals surface area contributed by atoms with Gasteiger partial charge in [0.05, 0.1) is 17.8 Å². The minimum Gasteiger partial charge on any atom is -0.369 e. The second-order valence-corrected chi connectivity index (χ2v) is 9.08. The van der Waals surface area contributed by atoms with Crippen molar-refractivity contribution < 1.29 is 8.42 Å². The molecule has 1 aliphatic rings. The van der Waals surface area contributed by atoms with Crippen molar-refractivity contribution in [2.75, 3.05) is 31.2 Å². The maximum absolute atomic E-state index is 11.8. The quantitative estimate of drug-likeness (QED) is 0.863. The molecule has 9 heteroatoms. The molecule has 1 aliphatic heterocycles. The van der Waals surface area contributed by atoms with Crippen LogP contribution in [0.15, 0.2) is 6.20 Å². The van der Waals surface area contributed by atoms with E-state index in [1.807, 2.05) is 7.05 Å². The van der Waals surface area contributed by atoms with Crippen LogP contribution in [0.5, 0.6) is 0 Å². The first-order chi connectivity index (χ1) is 11.8. The zero-order valence-corrected chi connectivity index (χ0v) is 16.0. The fourth-order valence-corrected chi connectivity index (χ4v) is 4.11. The topological polar surface area (TPSA) is 93.0 Å². The van der Waals surface area contributed by atoms with Crippen LogP contribution < -0.4 is 5.32 Å². The molecule has 0 bridgehead atoms. The molecule has 0 radical (unpaired) electrons. The summed E-state index contributed by atoms with van der Waals surface area (Å²) in [5, 5.41) is 8.59. The van der Waals surface area contributed by atoms with Crippen molar-refractivity contribution in [3.05, 3.63) is 12.0 Å². The van der Waals surface area contributed by atoms with Gasteiger partial charge in [-0.15, -0.1) is 0 Å². The van der Waals surface area contributed by atoms with Gasteiger partial charge in [0, 0.05) is 32.6 Å². The molecule has 1 fully saturated rings. The third kappa shape index (κ3) is 3.92. The van der Waals surface area contributed by atoms with Crippen molar-refractivity contribution in [3.63, 3.8) is 0 Å². The van der Waals surface area contributed by atoms with Crippen molar-refractivity contribution in [1.29, 1.82) is 0 Å². The Labute approximate surface area is 148 Å². The monoisotopic (exact) mass is 366 g/mol. The van der Waals surface area contributed by atoms with Crippen LogP contribution in [0, 0.1) is 5.92 Å². The van der Waals surface area contributed by atoms with E-state index in [4.69, 9.17) is 0 Å². The first-order valence-electron chi connectivity index (χ1n) is 8.64. The van der Waals surface area contributed by atoms with Gasteiger partial charge in [0.15, 0.2) is 5.65 Å². The Morgan fingerprint density at radius 2 is 2.12 bits per heavy atom. The highest BCUT2D eigenvalue weighted by atomic mass is 32.2. The Hall–Kier alpha value is -1.74. The number of hydrogen-bond acceptors (Lipinski definition) is 6. The number of nitrogens with one attached hydrogen (secondary N) is 1. The van der Waals surface area contributed by atoms with Gasteiger partial charge in [-0.2, -0.15) is 5.10 Å². The summed E-state index contributed by atoms with van der Waals surface area (Å²) in [6.07, 6.45) is 4.95. The van der Waals surface area contributed by atoms with Crippen LogP contribution in [-0.2, 0) is 17.1 Å². The molecule has 1 saturated heterocycles. The van der Waals surface area contributed by atoms with Crippen molar-refractivity contribution in [2.45, 2.75) is 32.6 Å². The molecule has 0 spiro atoms. The lowest BCUT2D eigenvalue weighted by Gasteiger charge is -2.31. The normalized spacial score (nSPS) is 19.6. The van der Waals surface area contributed by atoms with Gasteiger partial charge >= 0.3 is 0 Å². The fraction of sp³-hybridized carbons (Fsp3) is 0.688. The molecule has 8 nitrogen and oxygen atoms in total. The third-order valence-electron chi connectivity index (χ3n) is 4.63. The fourth-order valence-electron chi connectivity index (χ4n) is 3.17. The Bertz CT molecular complexity index is 861. The Morgan fingerprint density at radius 1 is 1.36 bits per heavy atom. The van der Waals surface area contributed by atoms with Crippen LogP contribution in [-0.4, -0.2) is 58.4 Å². The summed E-state index contributed by atoms with van der Waals surface area (Å²) in [6.45, 7) is 5.99. The maximum atomic E-state index is 11.8. The van der Waals surface area contributed by atoms with Crippen molar-refractivity contribution in [1.82, 2.24) is 24.1 Å². The number of aryl methyl sites for hydroxylation is 1. The van der Waals surface area contributed by atoms with Crippen molar-refractivity contribution >= 4 is 26.9 Å². The molecule has 0 saturated carbocycles. The first-order valence-corrected chi connectivity index (χ1v) is 10.5. The summed E-state index contributed by atoms with van der Waals surface area (Å²) in [5.74, 6) is 2.04. The van der Waals surface area contributed by atoms with Gasteiger partial charge in [-0.1, -0.05) is 13.8 Å². The number of piperidine rings is 1. The van der Waals surface area contributed by atoms with E-state index in [1.54, 1.807) is 15.2 Å². The smallest absolute Gasteiger partial charge is 0.211 e. The average Bonchev–Trinajstić information content (AvgIpc) is 2.93. The Balaban J connectivity index is 1.79. The van der Waals surface area contributed by atoms with E-state index in [0.29, 0.717) is 19.6 Å². The highest BCUT2D eigenvalue weighted by Crippen LogP contribution is 2.24. The molecule has 0 unspecified atom stereocenters. The summed E-state index contributed by atoms with van der Waals surface area (Å²) in [4.78, 5) is 9.25. The Kier molecular flexibility index (Phi) is 4.97. The highest BCUT2D eigenvalue weighted by Gasteiger charge is 2.26. The number of sulfonamides is 1. The van der Waals surface area contributed by atoms with Gasteiger partial charge in [0.1, 0.15) is 11.6 Å². The average molecular weight is 366 g/mol. The Morgan fingerprint density at radius 3 is 2.80 bits per heavy atom. The van der Waals surface area contributed by atoms with Gasteiger partial charge in [-0.05, 0) is 18.8 Å². The van der Waals surface area contributed by atoms with Gasteiger partial charge in [0.25, 0.3) is 0 Å². The zero-order valence-electron chi connectivity index (χ0n) is 15.2. The number of anilines is 1. The maximum Gasteiger partial charge on any atom is 0.211 e. The van der Waals surface area contributed by atoms with E-state index in [9.17, 15) is 8.42 Å².